The first-order valence-corrected chi connectivity index (χ1v) is 6.08. The molecule has 0 spiro atoms. The molecule has 102 valence electrons. The molecule has 0 aliphatic heterocycles. The minimum atomic E-state index is -0.808. The molecule has 20 heavy (non-hydrogen) atoms. The van der Waals surface area contributed by atoms with Gasteiger partial charge in [0, 0.05) is 11.1 Å². The fourth-order valence-electron chi connectivity index (χ4n) is 2.03. The predicted molar refractivity (Wildman–Crippen MR) is 70.5 cm³/mol. The highest BCUT2D eigenvalue weighted by molar-refractivity contribution is 6.31. The van der Waals surface area contributed by atoms with Crippen LogP contribution in [0.5, 0.6) is 0 Å². The summed E-state index contributed by atoms with van der Waals surface area (Å²) < 4.78 is 29.6. The van der Waals surface area contributed by atoms with Crippen molar-refractivity contribution in [1.29, 1.82) is 0 Å². The second-order valence-electron chi connectivity index (χ2n) is 4.29. The Bertz CT molecular complexity index is 885. The molecule has 0 N–H and O–H groups in total. The molecule has 2 aromatic heterocycles. The van der Waals surface area contributed by atoms with E-state index in [0.717, 1.165) is 21.2 Å². The van der Waals surface area contributed by atoms with Crippen LogP contribution in [0.2, 0.25) is 5.02 Å². The van der Waals surface area contributed by atoms with Crippen LogP contribution in [0, 0.1) is 18.7 Å². The highest BCUT2D eigenvalue weighted by Gasteiger charge is 2.15. The molecule has 1 aromatic carbocycles. The number of halogens is 3. The molecule has 4 nitrogen and oxygen atoms in total. The van der Waals surface area contributed by atoms with E-state index >= 15 is 0 Å². The Morgan fingerprint density at radius 3 is 2.75 bits per heavy atom. The van der Waals surface area contributed by atoms with Gasteiger partial charge in [-0.1, -0.05) is 11.6 Å². The third-order valence-electron chi connectivity index (χ3n) is 2.99. The van der Waals surface area contributed by atoms with Gasteiger partial charge in [0.1, 0.15) is 11.5 Å². The Hall–Kier alpha value is -2.21. The van der Waals surface area contributed by atoms with E-state index < -0.39 is 17.3 Å². The normalized spacial score (nSPS) is 11.2. The number of nitrogens with zero attached hydrogens (tertiary/aromatic N) is 3. The number of hydrogen-bond donors (Lipinski definition) is 0. The summed E-state index contributed by atoms with van der Waals surface area (Å²) in [4.78, 5) is 12.0. The maximum atomic E-state index is 14.1. The van der Waals surface area contributed by atoms with E-state index in [-0.39, 0.29) is 16.4 Å². The van der Waals surface area contributed by atoms with Crippen LogP contribution < -0.4 is 5.56 Å². The molecule has 0 bridgehead atoms. The molecule has 0 amide bonds. The quantitative estimate of drug-likeness (QED) is 0.648. The molecule has 3 rings (SSSR count). The van der Waals surface area contributed by atoms with E-state index in [4.69, 9.17) is 11.6 Å². The molecule has 0 radical (unpaired) electrons. The second-order valence-corrected chi connectivity index (χ2v) is 4.70. The zero-order chi connectivity index (χ0) is 14.4. The molecule has 0 saturated heterocycles. The average Bonchev–Trinajstić information content (AvgIpc) is 2.84. The predicted octanol–water partition coefficient (Wildman–Crippen LogP) is 2.73. The van der Waals surface area contributed by atoms with Crippen molar-refractivity contribution in [3.63, 3.8) is 0 Å². The highest BCUT2D eigenvalue weighted by Crippen LogP contribution is 2.23. The van der Waals surface area contributed by atoms with Gasteiger partial charge < -0.3 is 0 Å². The van der Waals surface area contributed by atoms with Gasteiger partial charge in [0.05, 0.1) is 18.0 Å². The van der Waals surface area contributed by atoms with Crippen molar-refractivity contribution in [1.82, 2.24) is 14.2 Å². The van der Waals surface area contributed by atoms with Gasteiger partial charge in [-0.3, -0.25) is 9.36 Å². The Morgan fingerprint density at radius 1 is 1.25 bits per heavy atom. The molecule has 3 aromatic rings. The van der Waals surface area contributed by atoms with Crippen LogP contribution in [0.1, 0.15) is 5.56 Å². The lowest BCUT2D eigenvalue weighted by Gasteiger charge is -2.11. The summed E-state index contributed by atoms with van der Waals surface area (Å²) in [6.45, 7) is 1.69. The van der Waals surface area contributed by atoms with Crippen LogP contribution in [0.15, 0.2) is 35.3 Å². The van der Waals surface area contributed by atoms with Gasteiger partial charge in [-0.2, -0.15) is 14.0 Å². The van der Waals surface area contributed by atoms with Crippen molar-refractivity contribution >= 4 is 17.2 Å². The van der Waals surface area contributed by atoms with Crippen LogP contribution in [-0.2, 0) is 0 Å². The maximum absolute atomic E-state index is 14.1. The molecular formula is C13H8ClF2N3O. The third-order valence-corrected chi connectivity index (χ3v) is 3.39. The Kier molecular flexibility index (Phi) is 2.83. The molecule has 0 unspecified atom stereocenters. The molecule has 2 heterocycles. The fourth-order valence-corrected chi connectivity index (χ4v) is 2.18. The minimum absolute atomic E-state index is 0.00222. The van der Waals surface area contributed by atoms with Gasteiger partial charge in [0.25, 0.3) is 5.56 Å². The number of rotatable bonds is 1. The van der Waals surface area contributed by atoms with Crippen LogP contribution in [0.25, 0.3) is 11.3 Å². The van der Waals surface area contributed by atoms with E-state index in [9.17, 15) is 13.6 Å². The molecule has 0 atom stereocenters. The van der Waals surface area contributed by atoms with E-state index in [1.165, 1.54) is 18.3 Å². The monoisotopic (exact) mass is 295 g/mol. The largest absolute Gasteiger partial charge is 0.269 e. The Balaban J connectivity index is 2.44. The van der Waals surface area contributed by atoms with Crippen LogP contribution >= 0.6 is 11.6 Å². The fraction of sp³-hybridized carbons (Fsp3) is 0.0769. The second kappa shape index (κ2) is 4.42. The molecule has 7 heteroatoms. The number of hydrogen-bond acceptors (Lipinski definition) is 2. The lowest BCUT2D eigenvalue weighted by molar-refractivity contribution is 0.533. The van der Waals surface area contributed by atoms with Gasteiger partial charge in [0.2, 0.25) is 5.95 Å². The average molecular weight is 296 g/mol. The minimum Gasteiger partial charge on any atom is -0.269 e. The van der Waals surface area contributed by atoms with Crippen molar-refractivity contribution in [3.05, 3.63) is 63.2 Å². The number of aryl methyl sites for hydroxylation is 1. The van der Waals surface area contributed by atoms with Gasteiger partial charge >= 0.3 is 0 Å². The van der Waals surface area contributed by atoms with Crippen molar-refractivity contribution < 1.29 is 8.78 Å². The SMILES string of the molecule is Cc1cc(-n2c(=O)cc(F)n3nccc23)c(F)cc1Cl. The van der Waals surface area contributed by atoms with Crippen LogP contribution in [-0.4, -0.2) is 14.2 Å². The summed E-state index contributed by atoms with van der Waals surface area (Å²) in [5.41, 5.74) is 0.0612. The van der Waals surface area contributed by atoms with Gasteiger partial charge in [-0.05, 0) is 24.6 Å². The van der Waals surface area contributed by atoms with Gasteiger partial charge in [-0.25, -0.2) is 4.39 Å². The lowest BCUT2D eigenvalue weighted by atomic mass is 10.2. The van der Waals surface area contributed by atoms with Crippen molar-refractivity contribution in [2.45, 2.75) is 6.92 Å². The first-order valence-electron chi connectivity index (χ1n) is 5.70. The van der Waals surface area contributed by atoms with Gasteiger partial charge in [-0.15, -0.1) is 0 Å². The molecular weight excluding hydrogens is 288 g/mol. The first kappa shape index (κ1) is 12.8. The van der Waals surface area contributed by atoms with Crippen molar-refractivity contribution in [3.8, 4) is 5.69 Å². The van der Waals surface area contributed by atoms with E-state index in [2.05, 4.69) is 5.10 Å². The molecule has 0 aliphatic rings. The number of aromatic nitrogens is 3. The third kappa shape index (κ3) is 1.80. The Morgan fingerprint density at radius 2 is 2.00 bits per heavy atom. The number of benzene rings is 1. The van der Waals surface area contributed by atoms with Gasteiger partial charge in [0.15, 0.2) is 0 Å². The van der Waals surface area contributed by atoms with E-state index in [1.807, 2.05) is 0 Å². The van der Waals surface area contributed by atoms with E-state index in [0.29, 0.717) is 5.56 Å². The van der Waals surface area contributed by atoms with E-state index in [1.54, 1.807) is 6.92 Å². The molecule has 0 fully saturated rings. The zero-order valence-electron chi connectivity index (χ0n) is 10.3. The van der Waals surface area contributed by atoms with Crippen molar-refractivity contribution in [2.75, 3.05) is 0 Å². The number of fused-ring (bicyclic) bond motifs is 1. The van der Waals surface area contributed by atoms with Crippen LogP contribution in [0.3, 0.4) is 0 Å². The first-order chi connectivity index (χ1) is 9.49. The summed E-state index contributed by atoms with van der Waals surface area (Å²) in [7, 11) is 0. The Labute approximate surface area is 116 Å². The highest BCUT2D eigenvalue weighted by atomic mass is 35.5. The lowest BCUT2D eigenvalue weighted by Crippen LogP contribution is -2.22. The van der Waals surface area contributed by atoms with Crippen LogP contribution in [0.4, 0.5) is 8.78 Å². The van der Waals surface area contributed by atoms with Crippen molar-refractivity contribution in [2.24, 2.45) is 0 Å². The summed E-state index contributed by atoms with van der Waals surface area (Å²) in [5, 5.41) is 4.00. The summed E-state index contributed by atoms with van der Waals surface area (Å²) in [6, 6.07) is 4.73. The summed E-state index contributed by atoms with van der Waals surface area (Å²) in [6.07, 6.45) is 1.33. The topological polar surface area (TPSA) is 39.3 Å². The smallest absolute Gasteiger partial charge is 0.261 e. The standard InChI is InChI=1S/C13H8ClF2N3O/c1-7-4-10(9(15)5-8(7)14)18-12-2-3-17-19(12)11(16)6-13(18)20/h2-6H,1H3. The maximum Gasteiger partial charge on any atom is 0.261 e. The molecule has 0 saturated carbocycles. The summed E-state index contributed by atoms with van der Waals surface area (Å²) >= 11 is 5.83. The summed E-state index contributed by atoms with van der Waals surface area (Å²) in [5.74, 6) is -1.48. The molecule has 0 aliphatic carbocycles. The zero-order valence-corrected chi connectivity index (χ0v) is 11.0.